The van der Waals surface area contributed by atoms with Crippen LogP contribution in [0.5, 0.6) is 0 Å². The zero-order valence-corrected chi connectivity index (χ0v) is 18.2. The maximum absolute atomic E-state index is 3.10. The minimum atomic E-state index is 0. The van der Waals surface area contributed by atoms with E-state index >= 15 is 0 Å². The molecule has 0 saturated heterocycles. The van der Waals surface area contributed by atoms with Gasteiger partial charge in [-0.2, -0.15) is 0 Å². The molecule has 3 heteroatoms. The highest BCUT2D eigenvalue weighted by molar-refractivity contribution is 4.55. The lowest BCUT2D eigenvalue weighted by Crippen LogP contribution is -3.00. The standard InChI is InChI=1S/C21H40N2.HI/c1-2-3-4-5-6-7-8-9-10-11-12-13-14-15-16-17-19-23-20-18-22-21-23;/h18,20-21H,2-17,19H2,1H3;1H. The van der Waals surface area contributed by atoms with Gasteiger partial charge in [0.1, 0.15) is 12.4 Å². The second kappa shape index (κ2) is 19.3. The maximum Gasteiger partial charge on any atom is 0.241 e. The van der Waals surface area contributed by atoms with Gasteiger partial charge in [-0.05, 0) is 12.8 Å². The number of aromatic nitrogens is 2. The first-order valence-electron chi connectivity index (χ1n) is 10.5. The summed E-state index contributed by atoms with van der Waals surface area (Å²) in [5.41, 5.74) is 0. The number of hydrogen-bond donors (Lipinski definition) is 1. The maximum atomic E-state index is 3.10. The van der Waals surface area contributed by atoms with Crippen molar-refractivity contribution in [3.8, 4) is 0 Å². The normalized spacial score (nSPS) is 10.7. The molecule has 1 heterocycles. The van der Waals surface area contributed by atoms with Gasteiger partial charge < -0.3 is 24.0 Å². The van der Waals surface area contributed by atoms with E-state index in [1.807, 2.05) is 12.5 Å². The van der Waals surface area contributed by atoms with Crippen LogP contribution in [0, 0.1) is 0 Å². The molecule has 1 aromatic rings. The predicted molar refractivity (Wildman–Crippen MR) is 101 cm³/mol. The number of aromatic amines is 1. The van der Waals surface area contributed by atoms with Gasteiger partial charge in [0.2, 0.25) is 6.33 Å². The summed E-state index contributed by atoms with van der Waals surface area (Å²) in [6.45, 7) is 3.46. The Morgan fingerprint density at radius 1 is 0.625 bits per heavy atom. The summed E-state index contributed by atoms with van der Waals surface area (Å²) in [5, 5.41) is 0. The van der Waals surface area contributed by atoms with Gasteiger partial charge in [-0.1, -0.05) is 96.8 Å². The van der Waals surface area contributed by atoms with Crippen LogP contribution >= 0.6 is 0 Å². The summed E-state index contributed by atoms with van der Waals surface area (Å²) in [7, 11) is 0. The van der Waals surface area contributed by atoms with Crippen molar-refractivity contribution < 1.29 is 28.5 Å². The first kappa shape index (κ1) is 23.9. The molecule has 1 aromatic heterocycles. The van der Waals surface area contributed by atoms with Gasteiger partial charge in [0, 0.05) is 0 Å². The van der Waals surface area contributed by atoms with Crippen LogP contribution in [0.1, 0.15) is 110 Å². The van der Waals surface area contributed by atoms with Crippen molar-refractivity contribution in [1.29, 1.82) is 0 Å². The number of rotatable bonds is 17. The third-order valence-electron chi connectivity index (χ3n) is 4.87. The van der Waals surface area contributed by atoms with Crippen molar-refractivity contribution in [2.24, 2.45) is 0 Å². The molecule has 24 heavy (non-hydrogen) atoms. The highest BCUT2D eigenvalue weighted by atomic mass is 127. The first-order valence-corrected chi connectivity index (χ1v) is 10.5. The lowest BCUT2D eigenvalue weighted by atomic mass is 10.0. The molecular weight excluding hydrogens is 407 g/mol. The number of nitrogens with one attached hydrogen (secondary N) is 1. The highest BCUT2D eigenvalue weighted by Crippen LogP contribution is 2.13. The van der Waals surface area contributed by atoms with E-state index in [-0.39, 0.29) is 24.0 Å². The molecule has 2 nitrogen and oxygen atoms in total. The van der Waals surface area contributed by atoms with E-state index in [1.54, 1.807) is 0 Å². The van der Waals surface area contributed by atoms with Gasteiger partial charge >= 0.3 is 0 Å². The van der Waals surface area contributed by atoms with Crippen molar-refractivity contribution in [1.82, 2.24) is 4.98 Å². The van der Waals surface area contributed by atoms with Crippen molar-refractivity contribution in [2.75, 3.05) is 0 Å². The molecule has 0 amide bonds. The average Bonchev–Trinajstić information content (AvgIpc) is 3.08. The van der Waals surface area contributed by atoms with Crippen LogP contribution in [-0.4, -0.2) is 4.98 Å². The summed E-state index contributed by atoms with van der Waals surface area (Å²) >= 11 is 0. The number of unbranched alkanes of at least 4 members (excludes halogenated alkanes) is 15. The Labute approximate surface area is 168 Å². The van der Waals surface area contributed by atoms with Gasteiger partial charge in [0.15, 0.2) is 0 Å². The summed E-state index contributed by atoms with van der Waals surface area (Å²) in [4.78, 5) is 3.10. The second-order valence-electron chi connectivity index (χ2n) is 7.15. The lowest BCUT2D eigenvalue weighted by molar-refractivity contribution is -0.696. The Balaban J connectivity index is 0.00000529. The Morgan fingerprint density at radius 2 is 1.04 bits per heavy atom. The van der Waals surface area contributed by atoms with Gasteiger partial charge in [0.05, 0.1) is 6.54 Å². The minimum Gasteiger partial charge on any atom is -1.00 e. The van der Waals surface area contributed by atoms with Gasteiger partial charge in [-0.25, -0.2) is 4.57 Å². The van der Waals surface area contributed by atoms with E-state index in [1.165, 1.54) is 109 Å². The summed E-state index contributed by atoms with van der Waals surface area (Å²) in [6, 6.07) is 0. The van der Waals surface area contributed by atoms with Gasteiger partial charge in [-0.15, -0.1) is 0 Å². The zero-order valence-electron chi connectivity index (χ0n) is 16.1. The molecule has 142 valence electrons. The molecule has 0 aromatic carbocycles. The van der Waals surface area contributed by atoms with Crippen molar-refractivity contribution >= 4 is 0 Å². The van der Waals surface area contributed by atoms with Crippen molar-refractivity contribution in [3.63, 3.8) is 0 Å². The predicted octanol–water partition coefficient (Wildman–Crippen LogP) is 3.57. The number of nitrogens with zero attached hydrogens (tertiary/aromatic N) is 1. The second-order valence-corrected chi connectivity index (χ2v) is 7.15. The molecule has 0 bridgehead atoms. The first-order chi connectivity index (χ1) is 11.4. The zero-order chi connectivity index (χ0) is 16.4. The third kappa shape index (κ3) is 15.5. The molecule has 1 N–H and O–H groups in total. The van der Waals surface area contributed by atoms with Crippen LogP contribution < -0.4 is 28.5 Å². The molecule has 0 unspecified atom stereocenters. The molecule has 0 aliphatic rings. The summed E-state index contributed by atoms with van der Waals surface area (Å²) in [5.74, 6) is 0. The molecule has 1 rings (SSSR count). The number of H-pyrrole nitrogens is 1. The van der Waals surface area contributed by atoms with E-state index in [0.29, 0.717) is 0 Å². The van der Waals surface area contributed by atoms with Crippen LogP contribution in [0.2, 0.25) is 0 Å². The van der Waals surface area contributed by atoms with Crippen molar-refractivity contribution in [2.45, 2.75) is 116 Å². The van der Waals surface area contributed by atoms with Crippen LogP contribution in [0.15, 0.2) is 18.7 Å². The Bertz CT molecular complexity index is 325. The Hall–Kier alpha value is -0.0600. The fraction of sp³-hybridized carbons (Fsp3) is 0.857. The number of halogens is 1. The van der Waals surface area contributed by atoms with Crippen LogP contribution in [-0.2, 0) is 6.54 Å². The molecule has 0 spiro atoms. The quantitative estimate of drug-likeness (QED) is 0.214. The van der Waals surface area contributed by atoms with E-state index < -0.39 is 0 Å². The molecule has 0 aliphatic heterocycles. The Kier molecular flexibility index (Phi) is 19.2. The number of hydrogen-bond acceptors (Lipinski definition) is 0. The highest BCUT2D eigenvalue weighted by Gasteiger charge is 1.97. The monoisotopic (exact) mass is 448 g/mol. The molecule has 0 saturated carbocycles. The van der Waals surface area contributed by atoms with E-state index in [0.717, 1.165) is 0 Å². The van der Waals surface area contributed by atoms with Gasteiger partial charge in [0.25, 0.3) is 0 Å². The van der Waals surface area contributed by atoms with E-state index in [9.17, 15) is 0 Å². The summed E-state index contributed by atoms with van der Waals surface area (Å²) in [6.07, 6.45) is 29.2. The number of imidazole rings is 1. The van der Waals surface area contributed by atoms with Crippen molar-refractivity contribution in [3.05, 3.63) is 18.7 Å². The number of aryl methyl sites for hydroxylation is 1. The minimum absolute atomic E-state index is 0. The SMILES string of the molecule is CCCCCCCCCCCCCCCCCC[n+]1cc[nH]c1.[I-]. The van der Waals surface area contributed by atoms with Crippen LogP contribution in [0.3, 0.4) is 0 Å². The largest absolute Gasteiger partial charge is 1.00 e. The summed E-state index contributed by atoms with van der Waals surface area (Å²) < 4.78 is 2.24. The van der Waals surface area contributed by atoms with E-state index in [4.69, 9.17) is 0 Å². The average molecular weight is 448 g/mol. The topological polar surface area (TPSA) is 19.7 Å². The smallest absolute Gasteiger partial charge is 0.241 e. The van der Waals surface area contributed by atoms with Gasteiger partial charge in [-0.3, -0.25) is 4.98 Å². The fourth-order valence-electron chi connectivity index (χ4n) is 3.30. The van der Waals surface area contributed by atoms with Crippen LogP contribution in [0.25, 0.3) is 0 Å². The fourth-order valence-corrected chi connectivity index (χ4v) is 3.30. The van der Waals surface area contributed by atoms with E-state index in [2.05, 4.69) is 22.7 Å². The third-order valence-corrected chi connectivity index (χ3v) is 4.87. The molecular formula is C21H41IN2. The Morgan fingerprint density at radius 3 is 1.42 bits per heavy atom. The molecule has 0 radical (unpaired) electrons. The lowest BCUT2D eigenvalue weighted by Gasteiger charge is -2.03. The van der Waals surface area contributed by atoms with Crippen LogP contribution in [0.4, 0.5) is 0 Å². The molecule has 0 atom stereocenters. The molecule has 0 fully saturated rings. The molecule has 0 aliphatic carbocycles.